The van der Waals surface area contributed by atoms with E-state index in [2.05, 4.69) is 25.5 Å². The molecule has 3 N–H and O–H groups in total. The Morgan fingerprint density at radius 2 is 1.66 bits per heavy atom. The first kappa shape index (κ1) is 30.7. The van der Waals surface area contributed by atoms with Crippen LogP contribution in [0.3, 0.4) is 0 Å². The van der Waals surface area contributed by atoms with Gasteiger partial charge in [0.15, 0.2) is 0 Å². The van der Waals surface area contributed by atoms with Crippen LogP contribution in [0.1, 0.15) is 70.8 Å². The second kappa shape index (κ2) is 10.4. The summed E-state index contributed by atoms with van der Waals surface area (Å²) in [5.41, 5.74) is 15.8. The largest absolute Gasteiger partial charge is 0.461 e. The van der Waals surface area contributed by atoms with Gasteiger partial charge >= 0.3 is 6.03 Å². The lowest BCUT2D eigenvalue weighted by atomic mass is 9.80. The maximum absolute atomic E-state index is 14.4. The number of furan rings is 1. The molecule has 0 radical (unpaired) electrons. The maximum Gasteiger partial charge on any atom is 0.341 e. The summed E-state index contributed by atoms with van der Waals surface area (Å²) >= 11 is 4.94. The van der Waals surface area contributed by atoms with Crippen LogP contribution in [0.25, 0.3) is 16.5 Å². The van der Waals surface area contributed by atoms with Crippen LogP contribution in [-0.2, 0) is 9.59 Å². The van der Waals surface area contributed by atoms with Gasteiger partial charge in [0.25, 0.3) is 0 Å². The highest BCUT2D eigenvalue weighted by molar-refractivity contribution is 8.26. The van der Waals surface area contributed by atoms with Gasteiger partial charge in [-0.3, -0.25) is 14.5 Å². The average Bonchev–Trinajstić information content (AvgIpc) is 3.64. The zero-order valence-electron chi connectivity index (χ0n) is 26.0. The number of hydrogen-bond acceptors (Lipinski definition) is 8. The molecule has 0 saturated carbocycles. The molecule has 6 rings (SSSR count). The molecular formula is C33H36N4O4S3. The minimum atomic E-state index is -0.880. The summed E-state index contributed by atoms with van der Waals surface area (Å²) in [6.07, 6.45) is 0.683. The monoisotopic (exact) mass is 648 g/mol. The van der Waals surface area contributed by atoms with Gasteiger partial charge in [-0.25, -0.2) is 10.2 Å². The zero-order valence-corrected chi connectivity index (χ0v) is 28.5. The van der Waals surface area contributed by atoms with E-state index in [1.54, 1.807) is 28.4 Å². The van der Waals surface area contributed by atoms with Gasteiger partial charge in [-0.15, -0.1) is 0 Å². The van der Waals surface area contributed by atoms with Crippen LogP contribution in [0, 0.1) is 13.8 Å². The number of carbonyl (C=O) groups excluding carboxylic acids is 3. The fraction of sp³-hybridized carbons (Fsp3) is 0.364. The molecule has 4 amide bonds. The minimum absolute atomic E-state index is 0.0700. The highest BCUT2D eigenvalue weighted by atomic mass is 32.2. The normalized spacial score (nSPS) is 22.9. The number of nitrogens with two attached hydrogens (primary N) is 1. The lowest BCUT2D eigenvalue weighted by Crippen LogP contribution is -2.61. The number of rotatable bonds is 4. The molecule has 1 aromatic carbocycles. The molecule has 0 bridgehead atoms. The van der Waals surface area contributed by atoms with Gasteiger partial charge in [0.1, 0.15) is 15.4 Å². The quantitative estimate of drug-likeness (QED) is 0.321. The Labute approximate surface area is 270 Å². The van der Waals surface area contributed by atoms with E-state index in [0.717, 1.165) is 69.9 Å². The molecule has 4 aliphatic rings. The molecule has 0 aliphatic carbocycles. The number of amides is 4. The molecule has 11 heteroatoms. The lowest BCUT2D eigenvalue weighted by molar-refractivity contribution is -0.140. The van der Waals surface area contributed by atoms with Crippen molar-refractivity contribution >= 4 is 75.4 Å². The summed E-state index contributed by atoms with van der Waals surface area (Å²) in [7, 11) is 0. The van der Waals surface area contributed by atoms with Crippen LogP contribution in [0.4, 0.5) is 10.5 Å². The van der Waals surface area contributed by atoms with Crippen molar-refractivity contribution in [3.63, 3.8) is 0 Å². The van der Waals surface area contributed by atoms with Crippen molar-refractivity contribution in [1.82, 2.24) is 10.4 Å². The number of thioether (sulfide) groups is 3. The minimum Gasteiger partial charge on any atom is -0.461 e. The molecule has 2 aromatic rings. The third-order valence-corrected chi connectivity index (χ3v) is 14.0. The van der Waals surface area contributed by atoms with Gasteiger partial charge in [0.2, 0.25) is 11.8 Å². The molecule has 1 aromatic heterocycles. The lowest BCUT2D eigenvalue weighted by Gasteiger charge is -2.52. The number of imide groups is 1. The van der Waals surface area contributed by atoms with Crippen LogP contribution < -0.4 is 16.1 Å². The van der Waals surface area contributed by atoms with Crippen molar-refractivity contribution in [2.45, 2.75) is 77.3 Å². The van der Waals surface area contributed by atoms with E-state index in [1.807, 2.05) is 53.7 Å². The summed E-state index contributed by atoms with van der Waals surface area (Å²) in [6, 6.07) is 3.46. The Morgan fingerprint density at radius 1 is 1.07 bits per heavy atom. The molecule has 1 spiro atoms. The fourth-order valence-corrected chi connectivity index (χ4v) is 11.5. The van der Waals surface area contributed by atoms with Gasteiger partial charge in [0, 0.05) is 44.1 Å². The predicted molar refractivity (Wildman–Crippen MR) is 182 cm³/mol. The maximum atomic E-state index is 14.4. The molecule has 1 saturated heterocycles. The zero-order chi connectivity index (χ0) is 32.0. The first-order valence-electron chi connectivity index (χ1n) is 14.5. The molecule has 4 aliphatic heterocycles. The SMILES string of the molecule is C=C(C)C1=C(C(=C)C)SC2(S1)C(C)=C(N)SC1=C2c2cc3oc(C)cc3c(C)c2N(C(=O)NN2C(=O)CCC2=O)C1(C)CC. The Hall–Kier alpha value is -3.28. The molecule has 1 fully saturated rings. The van der Waals surface area contributed by atoms with Crippen molar-refractivity contribution in [2.24, 2.45) is 5.73 Å². The van der Waals surface area contributed by atoms with Crippen molar-refractivity contribution in [2.75, 3.05) is 4.90 Å². The van der Waals surface area contributed by atoms with E-state index >= 15 is 0 Å². The third kappa shape index (κ3) is 4.19. The van der Waals surface area contributed by atoms with Crippen LogP contribution in [-0.4, -0.2) is 32.5 Å². The molecular weight excluding hydrogens is 613 g/mol. The summed E-state index contributed by atoms with van der Waals surface area (Å²) < 4.78 is 5.54. The van der Waals surface area contributed by atoms with Crippen LogP contribution >= 0.6 is 35.3 Å². The number of urea groups is 1. The van der Waals surface area contributed by atoms with E-state index in [1.165, 1.54) is 11.8 Å². The van der Waals surface area contributed by atoms with E-state index in [0.29, 0.717) is 17.1 Å². The Bertz CT molecular complexity index is 1810. The highest BCUT2D eigenvalue weighted by Crippen LogP contribution is 2.72. The number of hydrazine groups is 1. The van der Waals surface area contributed by atoms with Crippen LogP contribution in [0.2, 0.25) is 0 Å². The summed E-state index contributed by atoms with van der Waals surface area (Å²) in [6.45, 7) is 22.7. The van der Waals surface area contributed by atoms with Gasteiger partial charge in [0.05, 0.1) is 16.3 Å². The molecule has 44 heavy (non-hydrogen) atoms. The van der Waals surface area contributed by atoms with E-state index in [4.69, 9.17) is 10.2 Å². The van der Waals surface area contributed by atoms with Crippen molar-refractivity contribution in [3.05, 3.63) is 78.6 Å². The fourth-order valence-electron chi connectivity index (χ4n) is 6.41. The number of nitrogens with one attached hydrogen (secondary N) is 1. The number of carbonyl (C=O) groups is 3. The molecule has 8 nitrogen and oxygen atoms in total. The van der Waals surface area contributed by atoms with Crippen LogP contribution in [0.5, 0.6) is 0 Å². The molecule has 1 unspecified atom stereocenters. The van der Waals surface area contributed by atoms with Gasteiger partial charge in [-0.05, 0) is 82.4 Å². The van der Waals surface area contributed by atoms with Gasteiger partial charge in [-0.1, -0.05) is 55.4 Å². The van der Waals surface area contributed by atoms with Crippen molar-refractivity contribution < 1.29 is 18.8 Å². The standard InChI is InChI=1S/C33H36N4O4S3/c1-10-32(9)29-25(33(19(8)30(34)42-29)43-27(15(2)3)28(44-33)16(4)5)21-14-22-20(13-17(6)41-22)18(7)26(21)36(32)31(40)35-37-23(38)11-12-24(37)39/h13-14H,2,4,10-12,34H2,1,3,5-9H3,(H,35,40). The topological polar surface area (TPSA) is 109 Å². The third-order valence-electron chi connectivity index (χ3n) is 8.90. The smallest absolute Gasteiger partial charge is 0.341 e. The average molecular weight is 649 g/mol. The number of allylic oxidation sites excluding steroid dienone is 2. The summed E-state index contributed by atoms with van der Waals surface area (Å²) in [4.78, 5) is 44.4. The molecule has 5 heterocycles. The second-order valence-electron chi connectivity index (χ2n) is 12.0. The number of benzene rings is 1. The summed E-state index contributed by atoms with van der Waals surface area (Å²) in [5.74, 6) is -0.0835. The first-order chi connectivity index (χ1) is 20.7. The van der Waals surface area contributed by atoms with E-state index in [9.17, 15) is 14.4 Å². The first-order valence-corrected chi connectivity index (χ1v) is 17.0. The predicted octanol–water partition coefficient (Wildman–Crippen LogP) is 8.00. The molecule has 230 valence electrons. The van der Waals surface area contributed by atoms with E-state index < -0.39 is 27.5 Å². The molecule has 1 atom stereocenters. The van der Waals surface area contributed by atoms with Gasteiger partial charge in [-0.2, -0.15) is 5.01 Å². The van der Waals surface area contributed by atoms with Crippen molar-refractivity contribution in [1.29, 1.82) is 0 Å². The summed E-state index contributed by atoms with van der Waals surface area (Å²) in [5, 5.41) is 2.43. The second-order valence-corrected chi connectivity index (χ2v) is 15.8. The number of aryl methyl sites for hydroxylation is 2. The number of hydrogen-bond donors (Lipinski definition) is 2. The van der Waals surface area contributed by atoms with Crippen LogP contribution in [0.15, 0.2) is 66.2 Å². The van der Waals surface area contributed by atoms with Gasteiger partial charge < -0.3 is 10.2 Å². The Balaban J connectivity index is 1.66. The van der Waals surface area contributed by atoms with E-state index in [-0.39, 0.29) is 12.8 Å². The number of anilines is 1. The Kier molecular flexibility index (Phi) is 7.25. The Morgan fingerprint density at radius 3 is 2.20 bits per heavy atom. The number of fused-ring (bicyclic) bond motifs is 4. The highest BCUT2D eigenvalue weighted by Gasteiger charge is 2.57. The number of nitrogens with zero attached hydrogens (tertiary/aromatic N) is 2. The van der Waals surface area contributed by atoms with Crippen molar-refractivity contribution in [3.8, 4) is 0 Å².